The average molecular weight is 336 g/mol. The van der Waals surface area contributed by atoms with E-state index < -0.39 is 4.92 Å². The van der Waals surface area contributed by atoms with Gasteiger partial charge < -0.3 is 4.74 Å². The van der Waals surface area contributed by atoms with Crippen molar-refractivity contribution in [2.24, 2.45) is 0 Å². The van der Waals surface area contributed by atoms with Crippen LogP contribution in [-0.4, -0.2) is 11.2 Å². The van der Waals surface area contributed by atoms with Crippen LogP contribution >= 0.6 is 15.9 Å². The minimum absolute atomic E-state index is 0.107. The van der Waals surface area contributed by atoms with Crippen LogP contribution < -0.4 is 4.74 Å². The van der Waals surface area contributed by atoms with Crippen LogP contribution in [0.1, 0.15) is 15.9 Å². The van der Waals surface area contributed by atoms with Crippen molar-refractivity contribution in [3.63, 3.8) is 0 Å². The molecular formula is C14H10BrNO4. The van der Waals surface area contributed by atoms with Gasteiger partial charge in [0.05, 0.1) is 10.5 Å². The predicted molar refractivity (Wildman–Crippen MR) is 77.4 cm³/mol. The van der Waals surface area contributed by atoms with Crippen LogP contribution in [0.15, 0.2) is 40.9 Å². The van der Waals surface area contributed by atoms with E-state index in [0.29, 0.717) is 21.9 Å². The van der Waals surface area contributed by atoms with Crippen molar-refractivity contribution in [3.8, 4) is 11.5 Å². The number of carbonyl (C=O) groups is 1. The number of hydrogen-bond donors (Lipinski definition) is 0. The van der Waals surface area contributed by atoms with E-state index in [0.717, 1.165) is 0 Å². The van der Waals surface area contributed by atoms with Crippen molar-refractivity contribution in [2.45, 2.75) is 6.92 Å². The van der Waals surface area contributed by atoms with Crippen molar-refractivity contribution in [2.75, 3.05) is 0 Å². The van der Waals surface area contributed by atoms with Gasteiger partial charge in [-0.15, -0.1) is 0 Å². The lowest BCUT2D eigenvalue weighted by Crippen LogP contribution is -1.97. The highest BCUT2D eigenvalue weighted by Gasteiger charge is 2.19. The van der Waals surface area contributed by atoms with Crippen LogP contribution in [0.25, 0.3) is 0 Å². The molecule has 0 unspecified atom stereocenters. The van der Waals surface area contributed by atoms with E-state index in [4.69, 9.17) is 4.74 Å². The number of ether oxygens (including phenoxy) is 1. The Hall–Kier alpha value is -2.21. The first-order valence-corrected chi connectivity index (χ1v) is 6.49. The molecule has 102 valence electrons. The van der Waals surface area contributed by atoms with Gasteiger partial charge >= 0.3 is 5.69 Å². The van der Waals surface area contributed by atoms with Crippen molar-refractivity contribution in [3.05, 3.63) is 62.1 Å². The maximum absolute atomic E-state index is 11.1. The monoisotopic (exact) mass is 335 g/mol. The van der Waals surface area contributed by atoms with Crippen molar-refractivity contribution in [1.29, 1.82) is 0 Å². The fraction of sp³-hybridized carbons (Fsp3) is 0.0714. The molecule has 0 aliphatic carbocycles. The minimum atomic E-state index is -0.497. The Kier molecular flexibility index (Phi) is 4.14. The van der Waals surface area contributed by atoms with E-state index in [1.165, 1.54) is 6.07 Å². The molecule has 0 atom stereocenters. The molecule has 2 aromatic rings. The molecule has 0 N–H and O–H groups in total. The number of carbonyl (C=O) groups excluding carboxylic acids is 1. The molecule has 0 fully saturated rings. The molecule has 0 bridgehead atoms. The van der Waals surface area contributed by atoms with Gasteiger partial charge in [0.1, 0.15) is 5.75 Å². The van der Waals surface area contributed by atoms with Crippen LogP contribution in [0.5, 0.6) is 11.5 Å². The summed E-state index contributed by atoms with van der Waals surface area (Å²) in [5.74, 6) is 0.374. The zero-order valence-electron chi connectivity index (χ0n) is 10.5. The van der Waals surface area contributed by atoms with E-state index in [9.17, 15) is 14.9 Å². The van der Waals surface area contributed by atoms with Gasteiger partial charge in [-0.2, -0.15) is 0 Å². The molecule has 0 heterocycles. The maximum Gasteiger partial charge on any atom is 0.314 e. The zero-order chi connectivity index (χ0) is 14.7. The van der Waals surface area contributed by atoms with E-state index in [1.807, 2.05) is 0 Å². The average Bonchev–Trinajstić information content (AvgIpc) is 2.38. The second kappa shape index (κ2) is 5.83. The molecule has 20 heavy (non-hydrogen) atoms. The van der Waals surface area contributed by atoms with E-state index >= 15 is 0 Å². The molecular weight excluding hydrogens is 326 g/mol. The highest BCUT2D eigenvalue weighted by Crippen LogP contribution is 2.35. The lowest BCUT2D eigenvalue weighted by atomic mass is 10.2. The number of aryl methyl sites for hydroxylation is 1. The number of halogens is 1. The Bertz CT molecular complexity index is 685. The smallest absolute Gasteiger partial charge is 0.314 e. The molecule has 0 aliphatic heterocycles. The SMILES string of the molecule is Cc1cccc(Oc2cc(Br)ccc2C=O)c1[N+](=O)[O-]. The highest BCUT2D eigenvalue weighted by molar-refractivity contribution is 9.10. The maximum atomic E-state index is 11.1. The number of hydrogen-bond acceptors (Lipinski definition) is 4. The fourth-order valence-electron chi connectivity index (χ4n) is 1.76. The van der Waals surface area contributed by atoms with Crippen LogP contribution in [-0.2, 0) is 0 Å². The number of rotatable bonds is 4. The Morgan fingerprint density at radius 1 is 1.25 bits per heavy atom. The summed E-state index contributed by atoms with van der Waals surface area (Å²) >= 11 is 3.27. The third-order valence-electron chi connectivity index (χ3n) is 2.71. The van der Waals surface area contributed by atoms with Gasteiger partial charge in [0, 0.05) is 10.0 Å². The first-order valence-electron chi connectivity index (χ1n) is 5.69. The summed E-state index contributed by atoms with van der Waals surface area (Å²) in [7, 11) is 0. The molecule has 0 saturated heterocycles. The molecule has 6 heteroatoms. The largest absolute Gasteiger partial charge is 0.449 e. The molecule has 2 aromatic carbocycles. The van der Waals surface area contributed by atoms with Crippen LogP contribution in [0.3, 0.4) is 0 Å². The standard InChI is InChI=1S/C14H10BrNO4/c1-9-3-2-4-12(14(9)16(18)19)20-13-7-11(15)6-5-10(13)8-17/h2-8H,1H3. The fourth-order valence-corrected chi connectivity index (χ4v) is 2.10. The Labute approximate surface area is 123 Å². The van der Waals surface area contributed by atoms with Crippen LogP contribution in [0.2, 0.25) is 0 Å². The lowest BCUT2D eigenvalue weighted by molar-refractivity contribution is -0.386. The van der Waals surface area contributed by atoms with Gasteiger partial charge in [0.2, 0.25) is 5.75 Å². The number of aldehydes is 1. The lowest BCUT2D eigenvalue weighted by Gasteiger charge is -2.09. The minimum Gasteiger partial charge on any atom is -0.449 e. The van der Waals surface area contributed by atoms with Gasteiger partial charge in [-0.3, -0.25) is 14.9 Å². The Morgan fingerprint density at radius 2 is 2.00 bits per heavy atom. The zero-order valence-corrected chi connectivity index (χ0v) is 12.1. The van der Waals surface area contributed by atoms with Gasteiger partial charge in [0.15, 0.2) is 6.29 Å². The van der Waals surface area contributed by atoms with E-state index in [1.54, 1.807) is 37.3 Å². The Morgan fingerprint density at radius 3 is 2.65 bits per heavy atom. The highest BCUT2D eigenvalue weighted by atomic mass is 79.9. The van der Waals surface area contributed by atoms with Crippen LogP contribution in [0, 0.1) is 17.0 Å². The van der Waals surface area contributed by atoms with Crippen molar-refractivity contribution in [1.82, 2.24) is 0 Å². The molecule has 0 aromatic heterocycles. The molecule has 5 nitrogen and oxygen atoms in total. The third-order valence-corrected chi connectivity index (χ3v) is 3.20. The molecule has 2 rings (SSSR count). The van der Waals surface area contributed by atoms with Gasteiger partial charge in [0.25, 0.3) is 0 Å². The topological polar surface area (TPSA) is 69.4 Å². The first kappa shape index (κ1) is 14.2. The summed E-state index contributed by atoms with van der Waals surface area (Å²) in [6.45, 7) is 1.63. The number of para-hydroxylation sites is 1. The number of nitrogens with zero attached hydrogens (tertiary/aromatic N) is 1. The van der Waals surface area contributed by atoms with E-state index in [-0.39, 0.29) is 17.2 Å². The number of nitro groups is 1. The third kappa shape index (κ3) is 2.85. The second-order valence-corrected chi connectivity index (χ2v) is 5.00. The summed E-state index contributed by atoms with van der Waals surface area (Å²) in [4.78, 5) is 21.6. The van der Waals surface area contributed by atoms with Gasteiger partial charge in [-0.25, -0.2) is 0 Å². The molecule has 0 saturated carbocycles. The molecule has 0 radical (unpaired) electrons. The van der Waals surface area contributed by atoms with Crippen molar-refractivity contribution >= 4 is 27.9 Å². The first-order chi connectivity index (χ1) is 9.52. The summed E-state index contributed by atoms with van der Waals surface area (Å²) in [6.07, 6.45) is 0.642. The van der Waals surface area contributed by atoms with Crippen LogP contribution in [0.4, 0.5) is 5.69 Å². The number of benzene rings is 2. The summed E-state index contributed by atoms with van der Waals surface area (Å²) in [6, 6.07) is 9.66. The van der Waals surface area contributed by atoms with E-state index in [2.05, 4.69) is 15.9 Å². The molecule has 0 aliphatic rings. The van der Waals surface area contributed by atoms with Gasteiger partial charge in [-0.1, -0.05) is 28.1 Å². The summed E-state index contributed by atoms with van der Waals surface area (Å²) in [5.41, 5.74) is 0.712. The summed E-state index contributed by atoms with van der Waals surface area (Å²) < 4.78 is 6.27. The predicted octanol–water partition coefficient (Wildman–Crippen LogP) is 4.27. The van der Waals surface area contributed by atoms with Crippen molar-refractivity contribution < 1.29 is 14.5 Å². The Balaban J connectivity index is 2.50. The summed E-state index contributed by atoms with van der Waals surface area (Å²) in [5, 5.41) is 11.1. The second-order valence-electron chi connectivity index (χ2n) is 4.08. The molecule has 0 amide bonds. The number of nitro benzene ring substituents is 1. The molecule has 0 spiro atoms. The normalized spacial score (nSPS) is 10.1. The quantitative estimate of drug-likeness (QED) is 0.475. The van der Waals surface area contributed by atoms with Gasteiger partial charge in [-0.05, 0) is 31.2 Å².